The van der Waals surface area contributed by atoms with Crippen LogP contribution in [0, 0.1) is 12.7 Å². The van der Waals surface area contributed by atoms with Crippen LogP contribution in [0.5, 0.6) is 0 Å². The fourth-order valence-corrected chi connectivity index (χ4v) is 1.83. The summed E-state index contributed by atoms with van der Waals surface area (Å²) >= 11 is 3.07. The molecule has 0 bridgehead atoms. The molecule has 1 atom stereocenters. The molecule has 0 fully saturated rings. The number of hydrogen-bond acceptors (Lipinski definition) is 1. The highest BCUT2D eigenvalue weighted by Crippen LogP contribution is 2.25. The second-order valence-corrected chi connectivity index (χ2v) is 4.10. The molecule has 0 spiro atoms. The molecule has 1 aromatic rings. The molecule has 0 aliphatic heterocycles. The lowest BCUT2D eigenvalue weighted by molar-refractivity contribution is 0.191. The van der Waals surface area contributed by atoms with E-state index in [0.29, 0.717) is 15.6 Å². The van der Waals surface area contributed by atoms with E-state index in [2.05, 4.69) is 21.2 Å². The highest BCUT2D eigenvalue weighted by Gasteiger charge is 2.14. The zero-order chi connectivity index (χ0) is 11.6. The molecular weight excluding hydrogens is 265 g/mol. The van der Waals surface area contributed by atoms with Crippen molar-refractivity contribution >= 4 is 22.0 Å². The number of rotatable bonds is 2. The second kappa shape index (κ2) is 4.61. The van der Waals surface area contributed by atoms with Crippen molar-refractivity contribution in [3.05, 3.63) is 33.5 Å². The molecule has 2 N–H and O–H groups in total. The van der Waals surface area contributed by atoms with E-state index in [1.807, 2.05) is 0 Å². The molecule has 0 heterocycles. The molecule has 82 valence electrons. The summed E-state index contributed by atoms with van der Waals surface area (Å²) in [5, 5.41) is 10.8. The summed E-state index contributed by atoms with van der Waals surface area (Å²) in [6, 6.07) is 2.84. The Bertz CT molecular complexity index is 395. The van der Waals surface area contributed by atoms with E-state index >= 15 is 0 Å². The van der Waals surface area contributed by atoms with E-state index in [9.17, 15) is 9.18 Å². The predicted octanol–water partition coefficient (Wildman–Crippen LogP) is 3.23. The summed E-state index contributed by atoms with van der Waals surface area (Å²) in [5.41, 5.74) is 1.09. The lowest BCUT2D eigenvalue weighted by Gasteiger charge is -2.15. The van der Waals surface area contributed by atoms with E-state index in [4.69, 9.17) is 5.11 Å². The average Bonchev–Trinajstić information content (AvgIpc) is 2.13. The molecule has 1 rings (SSSR count). The highest BCUT2D eigenvalue weighted by atomic mass is 79.9. The molecule has 15 heavy (non-hydrogen) atoms. The highest BCUT2D eigenvalue weighted by molar-refractivity contribution is 9.10. The summed E-state index contributed by atoms with van der Waals surface area (Å²) in [5.74, 6) is -0.355. The summed E-state index contributed by atoms with van der Waals surface area (Å²) in [7, 11) is 0. The monoisotopic (exact) mass is 275 g/mol. The Morgan fingerprint density at radius 2 is 2.20 bits per heavy atom. The maximum atomic E-state index is 13.5. The zero-order valence-corrected chi connectivity index (χ0v) is 9.93. The minimum atomic E-state index is -1.12. The molecule has 0 aromatic heterocycles. The first-order valence-corrected chi connectivity index (χ1v) is 5.16. The quantitative estimate of drug-likeness (QED) is 0.871. The molecule has 1 amide bonds. The lowest BCUT2D eigenvalue weighted by atomic mass is 10.0. The Balaban J connectivity index is 3.05. The number of halogens is 2. The van der Waals surface area contributed by atoms with Gasteiger partial charge in [-0.1, -0.05) is 6.07 Å². The van der Waals surface area contributed by atoms with Crippen molar-refractivity contribution in [2.75, 3.05) is 0 Å². The van der Waals surface area contributed by atoms with Crippen LogP contribution in [-0.2, 0) is 0 Å². The van der Waals surface area contributed by atoms with Crippen LogP contribution in [0.4, 0.5) is 9.18 Å². The third-order valence-corrected chi connectivity index (χ3v) is 2.80. The van der Waals surface area contributed by atoms with Gasteiger partial charge in [0.2, 0.25) is 0 Å². The molecule has 0 aliphatic rings. The minimum Gasteiger partial charge on any atom is -0.465 e. The smallest absolute Gasteiger partial charge is 0.405 e. The molecule has 1 aromatic carbocycles. The molecule has 0 radical (unpaired) electrons. The number of carboxylic acid groups (broad SMARTS) is 1. The number of amides is 1. The number of benzene rings is 1. The van der Waals surface area contributed by atoms with Crippen molar-refractivity contribution in [2.24, 2.45) is 0 Å². The van der Waals surface area contributed by atoms with E-state index < -0.39 is 12.1 Å². The Morgan fingerprint density at radius 1 is 1.60 bits per heavy atom. The Kier molecular flexibility index (Phi) is 3.68. The molecule has 3 nitrogen and oxygen atoms in total. The van der Waals surface area contributed by atoms with Crippen LogP contribution in [0.2, 0.25) is 0 Å². The van der Waals surface area contributed by atoms with Gasteiger partial charge in [0, 0.05) is 0 Å². The van der Waals surface area contributed by atoms with Crippen molar-refractivity contribution in [2.45, 2.75) is 19.9 Å². The van der Waals surface area contributed by atoms with Gasteiger partial charge in [0.25, 0.3) is 0 Å². The van der Waals surface area contributed by atoms with Crippen LogP contribution in [0.15, 0.2) is 16.6 Å². The van der Waals surface area contributed by atoms with Crippen LogP contribution in [0.1, 0.15) is 24.1 Å². The largest absolute Gasteiger partial charge is 0.465 e. The molecule has 0 aliphatic carbocycles. The van der Waals surface area contributed by atoms with Crippen molar-refractivity contribution in [3.63, 3.8) is 0 Å². The molecule has 5 heteroatoms. The summed E-state index contributed by atoms with van der Waals surface area (Å²) in [6.45, 7) is 3.29. The van der Waals surface area contributed by atoms with Gasteiger partial charge in [-0.25, -0.2) is 9.18 Å². The van der Waals surface area contributed by atoms with Gasteiger partial charge >= 0.3 is 6.09 Å². The van der Waals surface area contributed by atoms with Gasteiger partial charge in [-0.2, -0.15) is 0 Å². The molecule has 1 unspecified atom stereocenters. The third kappa shape index (κ3) is 2.68. The summed E-state index contributed by atoms with van der Waals surface area (Å²) < 4.78 is 13.8. The molecule has 0 saturated heterocycles. The molecular formula is C10H11BrFNO2. The third-order valence-electron chi connectivity index (χ3n) is 2.19. The van der Waals surface area contributed by atoms with Crippen LogP contribution >= 0.6 is 15.9 Å². The van der Waals surface area contributed by atoms with Gasteiger partial charge in [-0.05, 0) is 47.0 Å². The van der Waals surface area contributed by atoms with Crippen LogP contribution < -0.4 is 5.32 Å². The van der Waals surface area contributed by atoms with E-state index in [1.54, 1.807) is 26.0 Å². The number of hydrogen-bond donors (Lipinski definition) is 2. The van der Waals surface area contributed by atoms with E-state index in [1.165, 1.54) is 0 Å². The van der Waals surface area contributed by atoms with Gasteiger partial charge in [0.15, 0.2) is 0 Å². The minimum absolute atomic E-state index is 0.355. The van der Waals surface area contributed by atoms with Gasteiger partial charge in [0.05, 0.1) is 10.5 Å². The van der Waals surface area contributed by atoms with Crippen LogP contribution in [0.25, 0.3) is 0 Å². The first kappa shape index (κ1) is 12.0. The van der Waals surface area contributed by atoms with Crippen molar-refractivity contribution in [1.29, 1.82) is 0 Å². The SMILES string of the molecule is Cc1c(C(C)NC(=O)O)ccc(Br)c1F. The van der Waals surface area contributed by atoms with Gasteiger partial charge in [-0.3, -0.25) is 0 Å². The fraction of sp³-hybridized carbons (Fsp3) is 0.300. The standard InChI is InChI=1S/C10H11BrFNO2/c1-5-7(6(2)13-10(14)15)3-4-8(11)9(5)12/h3-4,6,13H,1-2H3,(H,14,15). The van der Waals surface area contributed by atoms with Gasteiger partial charge in [0.1, 0.15) is 5.82 Å². The van der Waals surface area contributed by atoms with E-state index in [0.717, 1.165) is 0 Å². The maximum Gasteiger partial charge on any atom is 0.405 e. The van der Waals surface area contributed by atoms with Gasteiger partial charge in [-0.15, -0.1) is 0 Å². The predicted molar refractivity (Wildman–Crippen MR) is 58.4 cm³/mol. The maximum absolute atomic E-state index is 13.5. The average molecular weight is 276 g/mol. The Morgan fingerprint density at radius 3 is 2.73 bits per heavy atom. The van der Waals surface area contributed by atoms with Gasteiger partial charge < -0.3 is 10.4 Å². The first-order valence-electron chi connectivity index (χ1n) is 4.37. The fourth-order valence-electron chi connectivity index (χ4n) is 1.40. The normalized spacial score (nSPS) is 12.3. The Hall–Kier alpha value is -1.10. The van der Waals surface area contributed by atoms with Crippen molar-refractivity contribution in [1.82, 2.24) is 5.32 Å². The summed E-state index contributed by atoms with van der Waals surface area (Å²) in [4.78, 5) is 10.4. The van der Waals surface area contributed by atoms with Crippen LogP contribution in [-0.4, -0.2) is 11.2 Å². The van der Waals surface area contributed by atoms with Crippen LogP contribution in [0.3, 0.4) is 0 Å². The topological polar surface area (TPSA) is 49.3 Å². The van der Waals surface area contributed by atoms with E-state index in [-0.39, 0.29) is 5.82 Å². The summed E-state index contributed by atoms with van der Waals surface area (Å²) in [6.07, 6.45) is -1.12. The number of carbonyl (C=O) groups is 1. The Labute approximate surface area is 95.4 Å². The first-order chi connectivity index (χ1) is 6.93. The zero-order valence-electron chi connectivity index (χ0n) is 8.34. The second-order valence-electron chi connectivity index (χ2n) is 3.25. The molecule has 0 saturated carbocycles. The lowest BCUT2D eigenvalue weighted by Crippen LogP contribution is -2.25. The van der Waals surface area contributed by atoms with Crippen molar-refractivity contribution in [3.8, 4) is 0 Å². The van der Waals surface area contributed by atoms with Crippen molar-refractivity contribution < 1.29 is 14.3 Å². The number of nitrogens with one attached hydrogen (secondary N) is 1.